The van der Waals surface area contributed by atoms with Crippen molar-refractivity contribution < 1.29 is 16.8 Å². The maximum atomic E-state index is 12.5. The van der Waals surface area contributed by atoms with Crippen LogP contribution in [-0.2, 0) is 20.0 Å². The predicted octanol–water partition coefficient (Wildman–Crippen LogP) is 2.45. The summed E-state index contributed by atoms with van der Waals surface area (Å²) in [6, 6.07) is 17.9. The number of hydrogen-bond donors (Lipinski definition) is 4. The standard InChI is InChI=1S/C18H18N4O4S2/c19-15-11-16(20)18(22-28(25,26)14-9-5-2-6-10-14)12-17(15)21-27(23,24)13-7-3-1-4-8-13/h1-12,21-22H,19-20H2. The second-order valence-electron chi connectivity index (χ2n) is 5.86. The third kappa shape index (κ3) is 4.18. The van der Waals surface area contributed by atoms with Crippen LogP contribution >= 0.6 is 0 Å². The van der Waals surface area contributed by atoms with Crippen molar-refractivity contribution in [2.75, 3.05) is 20.9 Å². The molecule has 0 aliphatic carbocycles. The van der Waals surface area contributed by atoms with Gasteiger partial charge in [-0.2, -0.15) is 0 Å². The summed E-state index contributed by atoms with van der Waals surface area (Å²) in [5.74, 6) is 0. The van der Waals surface area contributed by atoms with Gasteiger partial charge in [0.05, 0.1) is 32.5 Å². The lowest BCUT2D eigenvalue weighted by Gasteiger charge is -2.15. The van der Waals surface area contributed by atoms with E-state index in [2.05, 4.69) is 9.44 Å². The molecule has 0 bridgehead atoms. The molecule has 28 heavy (non-hydrogen) atoms. The fourth-order valence-electron chi connectivity index (χ4n) is 2.42. The molecule has 0 saturated heterocycles. The van der Waals surface area contributed by atoms with E-state index in [1.54, 1.807) is 36.4 Å². The van der Waals surface area contributed by atoms with Crippen LogP contribution in [0.3, 0.4) is 0 Å². The molecule has 0 atom stereocenters. The molecule has 0 saturated carbocycles. The van der Waals surface area contributed by atoms with Crippen LogP contribution in [0, 0.1) is 0 Å². The molecule has 0 amide bonds. The molecule has 3 aromatic carbocycles. The minimum Gasteiger partial charge on any atom is -0.397 e. The molecule has 0 spiro atoms. The van der Waals surface area contributed by atoms with Crippen molar-refractivity contribution in [3.05, 3.63) is 72.8 Å². The van der Waals surface area contributed by atoms with Crippen LogP contribution in [0.2, 0.25) is 0 Å². The van der Waals surface area contributed by atoms with Gasteiger partial charge in [0, 0.05) is 0 Å². The Balaban J connectivity index is 1.96. The Morgan fingerprint density at radius 1 is 0.571 bits per heavy atom. The van der Waals surface area contributed by atoms with Gasteiger partial charge in [-0.25, -0.2) is 16.8 Å². The molecule has 0 aromatic heterocycles. The van der Waals surface area contributed by atoms with Crippen molar-refractivity contribution in [3.8, 4) is 0 Å². The minimum absolute atomic E-state index is 0.00353. The van der Waals surface area contributed by atoms with E-state index in [0.29, 0.717) is 0 Å². The third-order valence-electron chi connectivity index (χ3n) is 3.82. The van der Waals surface area contributed by atoms with Gasteiger partial charge in [-0.1, -0.05) is 36.4 Å². The van der Waals surface area contributed by atoms with Crippen LogP contribution in [0.1, 0.15) is 0 Å². The molecule has 146 valence electrons. The monoisotopic (exact) mass is 418 g/mol. The van der Waals surface area contributed by atoms with Crippen molar-refractivity contribution in [1.29, 1.82) is 0 Å². The molecule has 0 fully saturated rings. The maximum Gasteiger partial charge on any atom is 0.261 e. The van der Waals surface area contributed by atoms with Gasteiger partial charge in [0.25, 0.3) is 20.0 Å². The molecule has 10 heteroatoms. The van der Waals surface area contributed by atoms with E-state index in [4.69, 9.17) is 11.5 Å². The van der Waals surface area contributed by atoms with E-state index in [-0.39, 0.29) is 32.5 Å². The van der Waals surface area contributed by atoms with Gasteiger partial charge in [-0.3, -0.25) is 9.44 Å². The Hall–Kier alpha value is -3.24. The van der Waals surface area contributed by atoms with Crippen LogP contribution in [0.4, 0.5) is 22.7 Å². The second kappa shape index (κ2) is 7.41. The molecule has 0 heterocycles. The second-order valence-corrected chi connectivity index (χ2v) is 9.23. The molecule has 0 aliphatic rings. The topological polar surface area (TPSA) is 144 Å². The van der Waals surface area contributed by atoms with Gasteiger partial charge in [0.1, 0.15) is 0 Å². The lowest BCUT2D eigenvalue weighted by Crippen LogP contribution is -2.17. The summed E-state index contributed by atoms with van der Waals surface area (Å²) in [6.45, 7) is 0. The summed E-state index contributed by atoms with van der Waals surface area (Å²) >= 11 is 0. The lowest BCUT2D eigenvalue weighted by atomic mass is 10.2. The number of nitrogens with one attached hydrogen (secondary N) is 2. The molecule has 0 unspecified atom stereocenters. The van der Waals surface area contributed by atoms with E-state index in [1.165, 1.54) is 36.4 Å². The summed E-state index contributed by atoms with van der Waals surface area (Å²) in [5, 5.41) is 0. The van der Waals surface area contributed by atoms with Crippen LogP contribution < -0.4 is 20.9 Å². The van der Waals surface area contributed by atoms with Crippen molar-refractivity contribution >= 4 is 42.8 Å². The molecule has 3 rings (SSSR count). The molecule has 0 aliphatic heterocycles. The Kier molecular flexibility index (Phi) is 5.16. The first-order chi connectivity index (χ1) is 13.2. The van der Waals surface area contributed by atoms with Gasteiger partial charge in [-0.15, -0.1) is 0 Å². The third-order valence-corrected chi connectivity index (χ3v) is 6.58. The fraction of sp³-hybridized carbons (Fsp3) is 0. The lowest BCUT2D eigenvalue weighted by molar-refractivity contribution is 0.599. The van der Waals surface area contributed by atoms with E-state index < -0.39 is 20.0 Å². The Labute approximate surface area is 163 Å². The Morgan fingerprint density at radius 3 is 1.29 bits per heavy atom. The number of sulfonamides is 2. The van der Waals surface area contributed by atoms with Gasteiger partial charge >= 0.3 is 0 Å². The first kappa shape index (κ1) is 19.5. The van der Waals surface area contributed by atoms with E-state index in [1.807, 2.05) is 0 Å². The average molecular weight is 419 g/mol. The SMILES string of the molecule is Nc1cc(N)c(NS(=O)(=O)c2ccccc2)cc1NS(=O)(=O)c1ccccc1. The van der Waals surface area contributed by atoms with Crippen molar-refractivity contribution in [2.45, 2.75) is 9.79 Å². The summed E-state index contributed by atoms with van der Waals surface area (Å²) in [6.07, 6.45) is 0. The molecular formula is C18H18N4O4S2. The smallest absolute Gasteiger partial charge is 0.261 e. The average Bonchev–Trinajstić information content (AvgIpc) is 2.67. The molecule has 8 nitrogen and oxygen atoms in total. The van der Waals surface area contributed by atoms with Crippen LogP contribution in [0.25, 0.3) is 0 Å². The summed E-state index contributed by atoms with van der Waals surface area (Å²) in [5.41, 5.74) is 11.9. The first-order valence-electron chi connectivity index (χ1n) is 8.04. The summed E-state index contributed by atoms with van der Waals surface area (Å²) in [4.78, 5) is 0.0790. The van der Waals surface area contributed by atoms with Gasteiger partial charge < -0.3 is 11.5 Å². The highest BCUT2D eigenvalue weighted by Crippen LogP contribution is 2.32. The molecule has 0 radical (unpaired) electrons. The molecular weight excluding hydrogens is 400 g/mol. The zero-order valence-electron chi connectivity index (χ0n) is 14.5. The van der Waals surface area contributed by atoms with Crippen molar-refractivity contribution in [1.82, 2.24) is 0 Å². The van der Waals surface area contributed by atoms with E-state index >= 15 is 0 Å². The Morgan fingerprint density at radius 2 is 0.929 bits per heavy atom. The maximum absolute atomic E-state index is 12.5. The number of anilines is 4. The zero-order valence-corrected chi connectivity index (χ0v) is 16.2. The largest absolute Gasteiger partial charge is 0.397 e. The number of nitrogen functional groups attached to an aromatic ring is 2. The highest BCUT2D eigenvalue weighted by molar-refractivity contribution is 7.93. The highest BCUT2D eigenvalue weighted by atomic mass is 32.2. The predicted molar refractivity (Wildman–Crippen MR) is 110 cm³/mol. The van der Waals surface area contributed by atoms with E-state index in [9.17, 15) is 16.8 Å². The quantitative estimate of drug-likeness (QED) is 0.453. The van der Waals surface area contributed by atoms with Crippen molar-refractivity contribution in [3.63, 3.8) is 0 Å². The first-order valence-corrected chi connectivity index (χ1v) is 11.0. The van der Waals surface area contributed by atoms with Crippen LogP contribution in [0.15, 0.2) is 82.6 Å². The normalized spacial score (nSPS) is 11.7. The summed E-state index contributed by atoms with van der Waals surface area (Å²) < 4.78 is 54.8. The fourth-order valence-corrected chi connectivity index (χ4v) is 4.62. The number of rotatable bonds is 6. The summed E-state index contributed by atoms with van der Waals surface area (Å²) in [7, 11) is -7.82. The van der Waals surface area contributed by atoms with Crippen LogP contribution in [0.5, 0.6) is 0 Å². The van der Waals surface area contributed by atoms with Gasteiger partial charge in [0.15, 0.2) is 0 Å². The minimum atomic E-state index is -3.91. The molecule has 6 N–H and O–H groups in total. The number of hydrogen-bond acceptors (Lipinski definition) is 6. The van der Waals surface area contributed by atoms with Gasteiger partial charge in [0.2, 0.25) is 0 Å². The number of nitrogens with two attached hydrogens (primary N) is 2. The Bertz CT molecular complexity index is 1100. The highest BCUT2D eigenvalue weighted by Gasteiger charge is 2.19. The zero-order chi connectivity index (χ0) is 20.4. The van der Waals surface area contributed by atoms with Crippen LogP contribution in [-0.4, -0.2) is 16.8 Å². The van der Waals surface area contributed by atoms with E-state index in [0.717, 1.165) is 0 Å². The molecule has 3 aromatic rings. The van der Waals surface area contributed by atoms with Crippen molar-refractivity contribution in [2.24, 2.45) is 0 Å². The number of benzene rings is 3. The van der Waals surface area contributed by atoms with Gasteiger partial charge in [-0.05, 0) is 36.4 Å².